The van der Waals surface area contributed by atoms with Crippen LogP contribution in [0, 0.1) is 6.92 Å². The molecule has 0 unspecified atom stereocenters. The number of pyridine rings is 1. The van der Waals surface area contributed by atoms with Gasteiger partial charge in [0.25, 0.3) is 5.56 Å². The van der Waals surface area contributed by atoms with E-state index in [4.69, 9.17) is 11.6 Å². The second-order valence-electron chi connectivity index (χ2n) is 4.56. The number of halogens is 1. The highest BCUT2D eigenvalue weighted by Gasteiger charge is 2.08. The van der Waals surface area contributed by atoms with E-state index in [0.717, 1.165) is 16.6 Å². The van der Waals surface area contributed by atoms with E-state index in [0.29, 0.717) is 17.4 Å². The van der Waals surface area contributed by atoms with Crippen LogP contribution in [0.15, 0.2) is 47.4 Å². The Morgan fingerprint density at radius 3 is 2.85 bits per heavy atom. The van der Waals surface area contributed by atoms with Gasteiger partial charge in [-0.2, -0.15) is 0 Å². The molecule has 0 atom stereocenters. The summed E-state index contributed by atoms with van der Waals surface area (Å²) in [5.41, 5.74) is 2.96. The Morgan fingerprint density at radius 2 is 2.05 bits per heavy atom. The molecular weight excluding hydrogens is 274 g/mol. The highest BCUT2D eigenvalue weighted by atomic mass is 35.5. The van der Waals surface area contributed by atoms with Gasteiger partial charge in [-0.3, -0.25) is 4.79 Å². The number of aryl methyl sites for hydroxylation is 1. The molecule has 0 spiro atoms. The third-order valence-corrected chi connectivity index (χ3v) is 3.35. The van der Waals surface area contributed by atoms with Crippen LogP contribution in [0.4, 0.5) is 0 Å². The minimum Gasteiger partial charge on any atom is -0.301 e. The Kier molecular flexibility index (Phi) is 3.24. The molecule has 0 aliphatic rings. The molecule has 0 bridgehead atoms. The van der Waals surface area contributed by atoms with Crippen LogP contribution in [0.3, 0.4) is 0 Å². The molecule has 4 nitrogen and oxygen atoms in total. The van der Waals surface area contributed by atoms with Crippen LogP contribution in [0.5, 0.6) is 0 Å². The molecule has 100 valence electrons. The lowest BCUT2D eigenvalue weighted by Gasteiger charge is -2.11. The molecule has 0 amide bonds. The van der Waals surface area contributed by atoms with Gasteiger partial charge in [-0.1, -0.05) is 23.7 Å². The standard InChI is InChI=1S/C15H12ClN3O/c1-10-15(20)19(9-11-6-7-17-14(16)8-11)13-5-3-2-4-12(13)18-10/h2-8H,9H2,1H3. The van der Waals surface area contributed by atoms with E-state index in [1.165, 1.54) is 0 Å². The zero-order valence-electron chi connectivity index (χ0n) is 10.9. The summed E-state index contributed by atoms with van der Waals surface area (Å²) >= 11 is 5.89. The number of para-hydroxylation sites is 2. The smallest absolute Gasteiger partial charge is 0.272 e. The zero-order valence-corrected chi connectivity index (χ0v) is 11.6. The Morgan fingerprint density at radius 1 is 1.25 bits per heavy atom. The monoisotopic (exact) mass is 285 g/mol. The van der Waals surface area contributed by atoms with Gasteiger partial charge in [-0.25, -0.2) is 9.97 Å². The maximum absolute atomic E-state index is 12.3. The number of aromatic nitrogens is 3. The fourth-order valence-corrected chi connectivity index (χ4v) is 2.40. The van der Waals surface area contributed by atoms with Crippen molar-refractivity contribution < 1.29 is 0 Å². The summed E-state index contributed by atoms with van der Waals surface area (Å²) in [4.78, 5) is 20.6. The molecule has 0 N–H and O–H groups in total. The average Bonchev–Trinajstić information content (AvgIpc) is 2.44. The van der Waals surface area contributed by atoms with Crippen molar-refractivity contribution in [1.29, 1.82) is 0 Å². The SMILES string of the molecule is Cc1nc2ccccc2n(Cc2ccnc(Cl)c2)c1=O. The third-order valence-electron chi connectivity index (χ3n) is 3.15. The van der Waals surface area contributed by atoms with Crippen molar-refractivity contribution in [3.63, 3.8) is 0 Å². The largest absolute Gasteiger partial charge is 0.301 e. The lowest BCUT2D eigenvalue weighted by Crippen LogP contribution is -2.24. The molecule has 20 heavy (non-hydrogen) atoms. The second-order valence-corrected chi connectivity index (χ2v) is 4.95. The fourth-order valence-electron chi connectivity index (χ4n) is 2.20. The summed E-state index contributed by atoms with van der Waals surface area (Å²) in [6, 6.07) is 11.2. The fraction of sp³-hybridized carbons (Fsp3) is 0.133. The average molecular weight is 286 g/mol. The number of hydrogen-bond acceptors (Lipinski definition) is 3. The van der Waals surface area contributed by atoms with E-state index in [1.54, 1.807) is 23.8 Å². The summed E-state index contributed by atoms with van der Waals surface area (Å²) in [6.45, 7) is 2.18. The lowest BCUT2D eigenvalue weighted by molar-refractivity contribution is 0.775. The van der Waals surface area contributed by atoms with Crippen LogP contribution >= 0.6 is 11.6 Å². The maximum Gasteiger partial charge on any atom is 0.272 e. The zero-order chi connectivity index (χ0) is 14.1. The number of rotatable bonds is 2. The van der Waals surface area contributed by atoms with Gasteiger partial charge in [0.1, 0.15) is 10.8 Å². The van der Waals surface area contributed by atoms with Crippen LogP contribution < -0.4 is 5.56 Å². The molecule has 0 radical (unpaired) electrons. The van der Waals surface area contributed by atoms with Crippen molar-refractivity contribution in [1.82, 2.24) is 14.5 Å². The van der Waals surface area contributed by atoms with E-state index in [1.807, 2.05) is 30.3 Å². The first-order chi connectivity index (χ1) is 9.65. The molecule has 3 aromatic rings. The summed E-state index contributed by atoms with van der Waals surface area (Å²) in [5.74, 6) is 0. The van der Waals surface area contributed by atoms with Gasteiger partial charge >= 0.3 is 0 Å². The molecule has 1 aromatic carbocycles. The van der Waals surface area contributed by atoms with Gasteiger partial charge in [0.05, 0.1) is 17.6 Å². The number of nitrogens with zero attached hydrogens (tertiary/aromatic N) is 3. The summed E-state index contributed by atoms with van der Waals surface area (Å²) in [7, 11) is 0. The molecule has 0 aliphatic carbocycles. The molecule has 2 heterocycles. The first-order valence-electron chi connectivity index (χ1n) is 6.22. The van der Waals surface area contributed by atoms with Crippen LogP contribution in [0.1, 0.15) is 11.3 Å². The molecule has 0 fully saturated rings. The van der Waals surface area contributed by atoms with Crippen molar-refractivity contribution in [2.75, 3.05) is 0 Å². The van der Waals surface area contributed by atoms with Gasteiger partial charge in [0.15, 0.2) is 0 Å². The second kappa shape index (κ2) is 5.06. The first kappa shape index (κ1) is 12.8. The van der Waals surface area contributed by atoms with E-state index < -0.39 is 0 Å². The van der Waals surface area contributed by atoms with E-state index in [2.05, 4.69) is 9.97 Å². The minimum absolute atomic E-state index is 0.0864. The van der Waals surface area contributed by atoms with Gasteiger partial charge in [0, 0.05) is 6.20 Å². The van der Waals surface area contributed by atoms with Crippen molar-refractivity contribution >= 4 is 22.6 Å². The minimum atomic E-state index is -0.0864. The Hall–Kier alpha value is -2.20. The Labute approximate surface area is 120 Å². The lowest BCUT2D eigenvalue weighted by atomic mass is 10.2. The summed E-state index contributed by atoms with van der Waals surface area (Å²) in [5, 5.41) is 0.422. The predicted octanol–water partition coefficient (Wildman–Crippen LogP) is 2.80. The van der Waals surface area contributed by atoms with Crippen LogP contribution in [-0.4, -0.2) is 14.5 Å². The third kappa shape index (κ3) is 2.30. The predicted molar refractivity (Wildman–Crippen MR) is 79.1 cm³/mol. The number of benzene rings is 1. The number of hydrogen-bond donors (Lipinski definition) is 0. The molecule has 5 heteroatoms. The van der Waals surface area contributed by atoms with Crippen LogP contribution in [0.25, 0.3) is 11.0 Å². The number of fused-ring (bicyclic) bond motifs is 1. The van der Waals surface area contributed by atoms with Crippen LogP contribution in [0.2, 0.25) is 5.15 Å². The van der Waals surface area contributed by atoms with Gasteiger partial charge in [-0.15, -0.1) is 0 Å². The van der Waals surface area contributed by atoms with Crippen molar-refractivity contribution in [2.45, 2.75) is 13.5 Å². The van der Waals surface area contributed by atoms with Crippen molar-refractivity contribution in [2.24, 2.45) is 0 Å². The summed E-state index contributed by atoms with van der Waals surface area (Å²) in [6.07, 6.45) is 1.64. The van der Waals surface area contributed by atoms with Gasteiger partial charge < -0.3 is 4.57 Å². The summed E-state index contributed by atoms with van der Waals surface area (Å²) < 4.78 is 1.71. The highest BCUT2D eigenvalue weighted by Crippen LogP contribution is 2.13. The molecule has 0 aliphatic heterocycles. The van der Waals surface area contributed by atoms with E-state index in [9.17, 15) is 4.79 Å². The van der Waals surface area contributed by atoms with Gasteiger partial charge in [-0.05, 0) is 36.8 Å². The molecule has 0 saturated carbocycles. The molecule has 3 rings (SSSR count). The highest BCUT2D eigenvalue weighted by molar-refractivity contribution is 6.29. The molecular formula is C15H12ClN3O. The van der Waals surface area contributed by atoms with Gasteiger partial charge in [0.2, 0.25) is 0 Å². The normalized spacial score (nSPS) is 10.9. The Balaban J connectivity index is 2.20. The van der Waals surface area contributed by atoms with E-state index >= 15 is 0 Å². The van der Waals surface area contributed by atoms with Crippen molar-refractivity contribution in [3.8, 4) is 0 Å². The Bertz CT molecular complexity index is 842. The first-order valence-corrected chi connectivity index (χ1v) is 6.59. The van der Waals surface area contributed by atoms with E-state index in [-0.39, 0.29) is 5.56 Å². The molecule has 0 saturated heterocycles. The quantitative estimate of drug-likeness (QED) is 0.680. The van der Waals surface area contributed by atoms with Crippen molar-refractivity contribution in [3.05, 3.63) is 69.4 Å². The van der Waals surface area contributed by atoms with Crippen LogP contribution in [-0.2, 0) is 6.54 Å². The topological polar surface area (TPSA) is 47.8 Å². The molecule has 2 aromatic heterocycles. The maximum atomic E-state index is 12.3.